The number of hydrogen-bond acceptors (Lipinski definition) is 2. The number of hydrogen-bond donors (Lipinski definition) is 2. The van der Waals surface area contributed by atoms with Crippen molar-refractivity contribution in [2.45, 2.75) is 39.0 Å². The van der Waals surface area contributed by atoms with Gasteiger partial charge in [-0.15, -0.1) is 0 Å². The average molecular weight is 338 g/mol. The molecule has 2 amide bonds. The van der Waals surface area contributed by atoms with Gasteiger partial charge in [0.2, 0.25) is 5.91 Å². The number of rotatable bonds is 9. The van der Waals surface area contributed by atoms with Crippen molar-refractivity contribution in [3.63, 3.8) is 0 Å². The van der Waals surface area contributed by atoms with Gasteiger partial charge in [0, 0.05) is 24.2 Å². The number of benzene rings is 2. The molecule has 0 unspecified atom stereocenters. The molecular weight excluding hydrogens is 312 g/mol. The molecular formula is C21H26N2O2. The molecule has 132 valence electrons. The predicted octanol–water partition coefficient (Wildman–Crippen LogP) is 4.18. The second-order valence-corrected chi connectivity index (χ2v) is 6.07. The summed E-state index contributed by atoms with van der Waals surface area (Å²) in [7, 11) is 0. The van der Waals surface area contributed by atoms with Crippen molar-refractivity contribution in [1.29, 1.82) is 0 Å². The first-order valence-corrected chi connectivity index (χ1v) is 8.91. The first-order chi connectivity index (χ1) is 12.2. The Morgan fingerprint density at radius 3 is 2.32 bits per heavy atom. The number of carbonyl (C=O) groups is 2. The number of anilines is 1. The molecule has 0 atom stereocenters. The topological polar surface area (TPSA) is 58.2 Å². The fraction of sp³-hybridized carbons (Fsp3) is 0.333. The number of unbranched alkanes of at least 4 members (excludes halogenated alkanes) is 2. The van der Waals surface area contributed by atoms with E-state index in [1.807, 2.05) is 30.3 Å². The van der Waals surface area contributed by atoms with E-state index in [4.69, 9.17) is 0 Å². The minimum Gasteiger partial charge on any atom is -0.352 e. The molecule has 0 saturated heterocycles. The molecule has 4 nitrogen and oxygen atoms in total. The standard InChI is InChI=1S/C21H26N2O2/c1-2-3-5-8-17-11-13-19(14-12-17)23-20(24)15-16-22-21(25)18-9-6-4-7-10-18/h4,6-7,9-14H,2-3,5,8,15-16H2,1H3,(H,22,25)(H,23,24). The summed E-state index contributed by atoms with van der Waals surface area (Å²) in [6.45, 7) is 2.51. The average Bonchev–Trinajstić information content (AvgIpc) is 2.64. The Bertz CT molecular complexity index is 666. The third-order valence-corrected chi connectivity index (χ3v) is 3.98. The third kappa shape index (κ3) is 6.79. The molecule has 0 heterocycles. The maximum atomic E-state index is 12.0. The monoisotopic (exact) mass is 338 g/mol. The first kappa shape index (κ1) is 18.7. The minimum absolute atomic E-state index is 0.105. The van der Waals surface area contributed by atoms with Gasteiger partial charge in [-0.2, -0.15) is 0 Å². The molecule has 0 aliphatic carbocycles. The van der Waals surface area contributed by atoms with Gasteiger partial charge in [-0.1, -0.05) is 50.1 Å². The van der Waals surface area contributed by atoms with E-state index in [0.717, 1.165) is 12.1 Å². The smallest absolute Gasteiger partial charge is 0.251 e. The second kappa shape index (κ2) is 10.3. The molecule has 0 aromatic heterocycles. The zero-order valence-corrected chi connectivity index (χ0v) is 14.8. The van der Waals surface area contributed by atoms with Crippen LogP contribution in [0.25, 0.3) is 0 Å². The minimum atomic E-state index is -0.162. The lowest BCUT2D eigenvalue weighted by atomic mass is 10.1. The van der Waals surface area contributed by atoms with E-state index in [1.165, 1.54) is 24.8 Å². The number of carbonyl (C=O) groups excluding carboxylic acids is 2. The maximum absolute atomic E-state index is 12.0. The molecule has 0 bridgehead atoms. The molecule has 0 aliphatic heterocycles. The fourth-order valence-electron chi connectivity index (χ4n) is 2.54. The fourth-order valence-corrected chi connectivity index (χ4v) is 2.54. The normalized spacial score (nSPS) is 10.3. The van der Waals surface area contributed by atoms with E-state index in [9.17, 15) is 9.59 Å². The summed E-state index contributed by atoms with van der Waals surface area (Å²) in [6.07, 6.45) is 4.98. The zero-order valence-electron chi connectivity index (χ0n) is 14.8. The summed E-state index contributed by atoms with van der Waals surface area (Å²) < 4.78 is 0. The third-order valence-electron chi connectivity index (χ3n) is 3.98. The van der Waals surface area contributed by atoms with Gasteiger partial charge >= 0.3 is 0 Å². The van der Waals surface area contributed by atoms with Crippen LogP contribution in [0.2, 0.25) is 0 Å². The highest BCUT2D eigenvalue weighted by Gasteiger charge is 2.06. The van der Waals surface area contributed by atoms with Crippen LogP contribution in [0.15, 0.2) is 54.6 Å². The lowest BCUT2D eigenvalue weighted by Crippen LogP contribution is -2.27. The van der Waals surface area contributed by atoms with Crippen LogP contribution in [0.5, 0.6) is 0 Å². The van der Waals surface area contributed by atoms with Gasteiger partial charge in [-0.3, -0.25) is 9.59 Å². The quantitative estimate of drug-likeness (QED) is 0.674. The summed E-state index contributed by atoms with van der Waals surface area (Å²) in [4.78, 5) is 23.9. The molecule has 2 N–H and O–H groups in total. The molecule has 4 heteroatoms. The van der Waals surface area contributed by atoms with E-state index >= 15 is 0 Å². The van der Waals surface area contributed by atoms with Crippen LogP contribution in [0.1, 0.15) is 48.5 Å². The van der Waals surface area contributed by atoms with E-state index in [-0.39, 0.29) is 18.2 Å². The molecule has 0 saturated carbocycles. The SMILES string of the molecule is CCCCCc1ccc(NC(=O)CCNC(=O)c2ccccc2)cc1. The summed E-state index contributed by atoms with van der Waals surface area (Å²) in [5, 5.41) is 5.61. The van der Waals surface area contributed by atoms with Crippen LogP contribution in [0.4, 0.5) is 5.69 Å². The summed E-state index contributed by atoms with van der Waals surface area (Å²) in [5.41, 5.74) is 2.68. The zero-order chi connectivity index (χ0) is 17.9. The van der Waals surface area contributed by atoms with Crippen molar-refractivity contribution >= 4 is 17.5 Å². The van der Waals surface area contributed by atoms with Crippen LogP contribution in [0, 0.1) is 0 Å². The Morgan fingerprint density at radius 1 is 0.920 bits per heavy atom. The lowest BCUT2D eigenvalue weighted by Gasteiger charge is -2.08. The summed E-state index contributed by atoms with van der Waals surface area (Å²) in [5.74, 6) is -0.267. The molecule has 25 heavy (non-hydrogen) atoms. The van der Waals surface area contributed by atoms with Crippen molar-refractivity contribution in [3.05, 3.63) is 65.7 Å². The second-order valence-electron chi connectivity index (χ2n) is 6.07. The number of nitrogens with one attached hydrogen (secondary N) is 2. The van der Waals surface area contributed by atoms with Crippen molar-refractivity contribution in [1.82, 2.24) is 5.32 Å². The van der Waals surface area contributed by atoms with E-state index in [2.05, 4.69) is 29.7 Å². The largest absolute Gasteiger partial charge is 0.352 e. The van der Waals surface area contributed by atoms with Crippen LogP contribution in [0.3, 0.4) is 0 Å². The van der Waals surface area contributed by atoms with Gasteiger partial charge in [0.25, 0.3) is 5.91 Å². The van der Waals surface area contributed by atoms with Gasteiger partial charge in [0.1, 0.15) is 0 Å². The predicted molar refractivity (Wildman–Crippen MR) is 102 cm³/mol. The highest BCUT2D eigenvalue weighted by molar-refractivity contribution is 5.95. The van der Waals surface area contributed by atoms with Crippen molar-refractivity contribution in [2.24, 2.45) is 0 Å². The Morgan fingerprint density at radius 2 is 1.64 bits per heavy atom. The Labute approximate surface area is 149 Å². The summed E-state index contributed by atoms with van der Waals surface area (Å²) in [6, 6.07) is 17.0. The molecule has 2 aromatic rings. The Kier molecular flexibility index (Phi) is 7.70. The highest BCUT2D eigenvalue weighted by atomic mass is 16.2. The molecule has 0 spiro atoms. The van der Waals surface area contributed by atoms with Crippen molar-refractivity contribution < 1.29 is 9.59 Å². The van der Waals surface area contributed by atoms with Crippen LogP contribution < -0.4 is 10.6 Å². The van der Waals surface area contributed by atoms with E-state index in [0.29, 0.717) is 12.1 Å². The van der Waals surface area contributed by atoms with Crippen LogP contribution in [-0.4, -0.2) is 18.4 Å². The Hall–Kier alpha value is -2.62. The summed E-state index contributed by atoms with van der Waals surface area (Å²) >= 11 is 0. The van der Waals surface area contributed by atoms with Crippen molar-refractivity contribution in [3.8, 4) is 0 Å². The molecule has 2 rings (SSSR count). The van der Waals surface area contributed by atoms with Crippen LogP contribution >= 0.6 is 0 Å². The van der Waals surface area contributed by atoms with Gasteiger partial charge in [0.05, 0.1) is 0 Å². The molecule has 2 aromatic carbocycles. The molecule has 0 radical (unpaired) electrons. The molecule has 0 aliphatic rings. The highest BCUT2D eigenvalue weighted by Crippen LogP contribution is 2.12. The van der Waals surface area contributed by atoms with E-state index in [1.54, 1.807) is 12.1 Å². The van der Waals surface area contributed by atoms with Crippen LogP contribution in [-0.2, 0) is 11.2 Å². The van der Waals surface area contributed by atoms with E-state index < -0.39 is 0 Å². The Balaban J connectivity index is 1.70. The van der Waals surface area contributed by atoms with Gasteiger partial charge in [-0.25, -0.2) is 0 Å². The van der Waals surface area contributed by atoms with Gasteiger partial charge < -0.3 is 10.6 Å². The maximum Gasteiger partial charge on any atom is 0.251 e. The lowest BCUT2D eigenvalue weighted by molar-refractivity contribution is -0.116. The first-order valence-electron chi connectivity index (χ1n) is 8.91. The number of aryl methyl sites for hydroxylation is 1. The number of amides is 2. The molecule has 0 fully saturated rings. The van der Waals surface area contributed by atoms with Gasteiger partial charge in [-0.05, 0) is 42.7 Å². The van der Waals surface area contributed by atoms with Gasteiger partial charge in [0.15, 0.2) is 0 Å². The van der Waals surface area contributed by atoms with Crippen molar-refractivity contribution in [2.75, 3.05) is 11.9 Å².